The Hall–Kier alpha value is -2.50. The van der Waals surface area contributed by atoms with Gasteiger partial charge in [-0.3, -0.25) is 14.3 Å². The zero-order chi connectivity index (χ0) is 13.8. The van der Waals surface area contributed by atoms with E-state index in [1.807, 2.05) is 37.3 Å². The smallest absolute Gasteiger partial charge is 0.330 e. The van der Waals surface area contributed by atoms with Crippen molar-refractivity contribution in [2.45, 2.75) is 19.9 Å². The van der Waals surface area contributed by atoms with Crippen LogP contribution >= 0.6 is 0 Å². The van der Waals surface area contributed by atoms with Gasteiger partial charge in [0.25, 0.3) is 5.56 Å². The highest BCUT2D eigenvalue weighted by atomic mass is 16.2. The molecule has 4 N–H and O–H groups in total. The van der Waals surface area contributed by atoms with E-state index in [9.17, 15) is 9.59 Å². The molecule has 6 nitrogen and oxygen atoms in total. The molecule has 1 aromatic heterocycles. The van der Waals surface area contributed by atoms with Crippen molar-refractivity contribution in [1.82, 2.24) is 9.55 Å². The number of hydrogen-bond donors (Lipinski definition) is 3. The second kappa shape index (κ2) is 5.43. The van der Waals surface area contributed by atoms with Crippen molar-refractivity contribution in [3.8, 4) is 0 Å². The summed E-state index contributed by atoms with van der Waals surface area (Å²) in [4.78, 5) is 26.4. The summed E-state index contributed by atoms with van der Waals surface area (Å²) in [6.07, 6.45) is 0.688. The Kier molecular flexibility index (Phi) is 3.70. The van der Waals surface area contributed by atoms with Gasteiger partial charge in [-0.05, 0) is 18.6 Å². The third kappa shape index (κ3) is 2.67. The number of nitrogen functional groups attached to an aromatic ring is 1. The summed E-state index contributed by atoms with van der Waals surface area (Å²) in [6, 6.07) is 9.19. The topological polar surface area (TPSA) is 92.9 Å². The fourth-order valence-electron chi connectivity index (χ4n) is 1.78. The number of nitrogens with zero attached hydrogens (tertiary/aromatic N) is 1. The van der Waals surface area contributed by atoms with E-state index in [-0.39, 0.29) is 11.5 Å². The minimum Gasteiger partial charge on any atom is -0.391 e. The lowest BCUT2D eigenvalue weighted by Crippen LogP contribution is -2.37. The highest BCUT2D eigenvalue weighted by molar-refractivity contribution is 5.67. The van der Waals surface area contributed by atoms with E-state index in [0.717, 1.165) is 10.3 Å². The summed E-state index contributed by atoms with van der Waals surface area (Å²) in [7, 11) is 0. The van der Waals surface area contributed by atoms with Crippen LogP contribution in [0.5, 0.6) is 0 Å². The van der Waals surface area contributed by atoms with Crippen LogP contribution < -0.4 is 22.3 Å². The molecule has 0 spiro atoms. The molecule has 0 radical (unpaired) electrons. The van der Waals surface area contributed by atoms with E-state index < -0.39 is 11.2 Å². The van der Waals surface area contributed by atoms with Crippen LogP contribution in [-0.2, 0) is 6.54 Å². The summed E-state index contributed by atoms with van der Waals surface area (Å²) >= 11 is 0. The molecule has 0 fully saturated rings. The third-order valence-electron chi connectivity index (χ3n) is 2.71. The van der Waals surface area contributed by atoms with E-state index in [4.69, 9.17) is 5.73 Å². The molecular weight excluding hydrogens is 244 g/mol. The van der Waals surface area contributed by atoms with Crippen molar-refractivity contribution >= 4 is 17.2 Å². The number of rotatable bonds is 4. The number of H-pyrrole nitrogens is 1. The zero-order valence-corrected chi connectivity index (χ0v) is 10.6. The normalized spacial score (nSPS) is 10.4. The first-order valence-electron chi connectivity index (χ1n) is 6.08. The quantitative estimate of drug-likeness (QED) is 0.771. The minimum atomic E-state index is -0.468. The number of benzene rings is 1. The van der Waals surface area contributed by atoms with Crippen LogP contribution in [0.1, 0.15) is 13.3 Å². The van der Waals surface area contributed by atoms with Crippen LogP contribution in [0.2, 0.25) is 0 Å². The van der Waals surface area contributed by atoms with Gasteiger partial charge in [0.05, 0.1) is 0 Å². The SMILES string of the molecule is CCCn1c(=O)[nH]c(Nc2ccccc2)c(N)c1=O. The molecule has 0 aliphatic heterocycles. The monoisotopic (exact) mass is 260 g/mol. The largest absolute Gasteiger partial charge is 0.391 e. The Bertz CT molecular complexity index is 673. The van der Waals surface area contributed by atoms with E-state index in [2.05, 4.69) is 10.3 Å². The lowest BCUT2D eigenvalue weighted by atomic mass is 10.3. The average Bonchev–Trinajstić information content (AvgIpc) is 2.42. The predicted molar refractivity (Wildman–Crippen MR) is 75.8 cm³/mol. The molecule has 0 saturated heterocycles. The number of aromatic amines is 1. The van der Waals surface area contributed by atoms with Crippen molar-refractivity contribution < 1.29 is 0 Å². The summed E-state index contributed by atoms with van der Waals surface area (Å²) in [6.45, 7) is 2.24. The lowest BCUT2D eigenvalue weighted by molar-refractivity contribution is 0.618. The molecular formula is C13H16N4O2. The number of hydrogen-bond acceptors (Lipinski definition) is 4. The van der Waals surface area contributed by atoms with Crippen molar-refractivity contribution in [1.29, 1.82) is 0 Å². The molecule has 1 aromatic carbocycles. The highest BCUT2D eigenvalue weighted by Gasteiger charge is 2.10. The van der Waals surface area contributed by atoms with Gasteiger partial charge in [-0.1, -0.05) is 25.1 Å². The molecule has 2 rings (SSSR count). The maximum absolute atomic E-state index is 12.0. The number of nitrogens with one attached hydrogen (secondary N) is 2. The van der Waals surface area contributed by atoms with Gasteiger partial charge in [-0.15, -0.1) is 0 Å². The molecule has 0 aliphatic carbocycles. The highest BCUT2D eigenvalue weighted by Crippen LogP contribution is 2.15. The molecule has 6 heteroatoms. The first-order valence-corrected chi connectivity index (χ1v) is 6.08. The van der Waals surface area contributed by atoms with Gasteiger partial charge >= 0.3 is 5.69 Å². The second-order valence-electron chi connectivity index (χ2n) is 4.17. The van der Waals surface area contributed by atoms with Crippen LogP contribution in [-0.4, -0.2) is 9.55 Å². The van der Waals surface area contributed by atoms with E-state index in [1.54, 1.807) is 0 Å². The Morgan fingerprint density at radius 2 is 1.95 bits per heavy atom. The molecule has 0 aliphatic rings. The van der Waals surface area contributed by atoms with Gasteiger partial charge in [-0.2, -0.15) is 0 Å². The van der Waals surface area contributed by atoms with Crippen molar-refractivity contribution in [2.24, 2.45) is 0 Å². The van der Waals surface area contributed by atoms with Gasteiger partial charge in [0.15, 0.2) is 0 Å². The number of anilines is 3. The van der Waals surface area contributed by atoms with Crippen molar-refractivity contribution in [3.05, 3.63) is 51.2 Å². The number of aromatic nitrogens is 2. The lowest BCUT2D eigenvalue weighted by Gasteiger charge is -2.10. The number of nitrogens with two attached hydrogens (primary N) is 1. The minimum absolute atomic E-state index is 0.0110. The fourth-order valence-corrected chi connectivity index (χ4v) is 1.78. The summed E-state index contributed by atoms with van der Waals surface area (Å²) in [5, 5.41) is 2.93. The average molecular weight is 260 g/mol. The van der Waals surface area contributed by atoms with Gasteiger partial charge < -0.3 is 11.1 Å². The molecule has 1 heterocycles. The van der Waals surface area contributed by atoms with Crippen LogP contribution in [0.4, 0.5) is 17.2 Å². The van der Waals surface area contributed by atoms with Crippen molar-refractivity contribution in [3.63, 3.8) is 0 Å². The Morgan fingerprint density at radius 1 is 1.26 bits per heavy atom. The third-order valence-corrected chi connectivity index (χ3v) is 2.71. The van der Waals surface area contributed by atoms with Gasteiger partial charge in [-0.25, -0.2) is 4.79 Å². The Balaban J connectivity index is 2.44. The zero-order valence-electron chi connectivity index (χ0n) is 10.6. The first kappa shape index (κ1) is 12.9. The Morgan fingerprint density at radius 3 is 2.58 bits per heavy atom. The summed E-state index contributed by atoms with van der Waals surface area (Å²) in [5.41, 5.74) is 5.60. The van der Waals surface area contributed by atoms with E-state index in [1.165, 1.54) is 0 Å². The first-order chi connectivity index (χ1) is 9.13. The van der Waals surface area contributed by atoms with Crippen LogP contribution in [0, 0.1) is 0 Å². The molecule has 0 atom stereocenters. The summed E-state index contributed by atoms with van der Waals surface area (Å²) in [5.74, 6) is 0.230. The molecule has 19 heavy (non-hydrogen) atoms. The summed E-state index contributed by atoms with van der Waals surface area (Å²) < 4.78 is 1.10. The van der Waals surface area contributed by atoms with Crippen molar-refractivity contribution in [2.75, 3.05) is 11.1 Å². The number of para-hydroxylation sites is 1. The standard InChI is InChI=1S/C13H16N4O2/c1-2-8-17-12(18)10(14)11(16-13(17)19)15-9-6-4-3-5-7-9/h3-7,15H,2,8,14H2,1H3,(H,16,19). The molecule has 0 bridgehead atoms. The fraction of sp³-hybridized carbons (Fsp3) is 0.231. The van der Waals surface area contributed by atoms with E-state index >= 15 is 0 Å². The maximum Gasteiger partial charge on any atom is 0.330 e. The molecule has 0 amide bonds. The van der Waals surface area contributed by atoms with Crippen LogP contribution in [0.25, 0.3) is 0 Å². The van der Waals surface area contributed by atoms with Gasteiger partial charge in [0.2, 0.25) is 0 Å². The van der Waals surface area contributed by atoms with Gasteiger partial charge in [0, 0.05) is 12.2 Å². The maximum atomic E-state index is 12.0. The molecule has 2 aromatic rings. The Labute approximate surface area is 109 Å². The van der Waals surface area contributed by atoms with E-state index in [0.29, 0.717) is 13.0 Å². The van der Waals surface area contributed by atoms with Gasteiger partial charge in [0.1, 0.15) is 11.5 Å². The van der Waals surface area contributed by atoms with Crippen LogP contribution in [0.3, 0.4) is 0 Å². The van der Waals surface area contributed by atoms with Crippen LogP contribution in [0.15, 0.2) is 39.9 Å². The molecule has 0 unspecified atom stereocenters. The predicted octanol–water partition coefficient (Wildman–Crippen LogP) is 1.27. The molecule has 100 valence electrons. The second-order valence-corrected chi connectivity index (χ2v) is 4.17. The molecule has 0 saturated carbocycles.